The summed E-state index contributed by atoms with van der Waals surface area (Å²) in [6.45, 7) is 16.3. The summed E-state index contributed by atoms with van der Waals surface area (Å²) in [6.07, 6.45) is 39.8. The number of anilines is 1. The first-order valence-electron chi connectivity index (χ1n) is 54.5. The molecule has 4 aromatic heterocycles. The molecule has 5 aromatic carbocycles. The number of unbranched alkanes of at least 4 members (excludes halogenated alkanes) is 26. The number of aromatic amines is 4. The normalized spacial score (nSPS) is 13.6. The molecule has 0 aliphatic carbocycles. The molecule has 0 spiro atoms. The number of carbonyl (C=O) groups is 11. The zero-order valence-corrected chi connectivity index (χ0v) is 88.3. The number of aromatic nitrogens is 4. The van der Waals surface area contributed by atoms with Gasteiger partial charge in [-0.2, -0.15) is 0 Å². The van der Waals surface area contributed by atoms with Crippen LogP contribution in [0.15, 0.2) is 141 Å². The second-order valence-electron chi connectivity index (χ2n) is 38.6. The van der Waals surface area contributed by atoms with Gasteiger partial charge in [0.15, 0.2) is 29.1 Å². The fourth-order valence-electron chi connectivity index (χ4n) is 17.8. The van der Waals surface area contributed by atoms with Crippen LogP contribution in [0.4, 0.5) is 5.69 Å². The van der Waals surface area contributed by atoms with Crippen LogP contribution >= 0.6 is 0 Å². The van der Waals surface area contributed by atoms with Gasteiger partial charge in [0.1, 0.15) is 23.7 Å². The molecule has 1 fully saturated rings. The van der Waals surface area contributed by atoms with Crippen LogP contribution in [-0.2, 0) is 87.8 Å². The number of H-pyrrole nitrogens is 4. The second kappa shape index (κ2) is 69.5. The fourth-order valence-corrected chi connectivity index (χ4v) is 17.8. The van der Waals surface area contributed by atoms with E-state index >= 15 is 0 Å². The van der Waals surface area contributed by atoms with E-state index in [1.165, 1.54) is 71.6 Å². The number of hydrogen-bond donors (Lipinski definition) is 8. The fraction of sp³-hybridized carbons (Fsp3) is 0.551. The number of carboxylic acids is 1. The summed E-state index contributed by atoms with van der Waals surface area (Å²) in [5, 5.41) is 26.2. The van der Waals surface area contributed by atoms with E-state index < -0.39 is 60.0 Å². The Labute approximate surface area is 865 Å². The van der Waals surface area contributed by atoms with Gasteiger partial charge in [-0.05, 0) is 171 Å². The van der Waals surface area contributed by atoms with Crippen molar-refractivity contribution in [2.24, 2.45) is 0 Å². The number of carboxylic acid groups (broad SMARTS) is 1. The molecule has 147 heavy (non-hydrogen) atoms. The van der Waals surface area contributed by atoms with Gasteiger partial charge >= 0.3 is 41.8 Å². The van der Waals surface area contributed by atoms with Gasteiger partial charge in [-0.15, -0.1) is 0 Å². The van der Waals surface area contributed by atoms with E-state index in [1.807, 2.05) is 60.7 Å². The van der Waals surface area contributed by atoms with Gasteiger partial charge in [0.25, 0.3) is 0 Å². The summed E-state index contributed by atoms with van der Waals surface area (Å²) < 4.78 is 33.1. The molecule has 3 unspecified atom stereocenters. The number of cyclic esters (lactones) is 1. The van der Waals surface area contributed by atoms with Crippen molar-refractivity contribution >= 4 is 114 Å². The lowest BCUT2D eigenvalue weighted by Crippen LogP contribution is -2.46. The van der Waals surface area contributed by atoms with Crippen molar-refractivity contribution in [1.82, 2.24) is 25.3 Å². The maximum Gasteiger partial charge on any atom is 0.328 e. The molecule has 1 amide bonds. The largest absolute Gasteiger partial charge is 0.503 e. The number of para-hydroxylation sites is 5. The number of rotatable bonds is 62. The summed E-state index contributed by atoms with van der Waals surface area (Å²) >= 11 is 0. The molecule has 802 valence electrons. The van der Waals surface area contributed by atoms with Gasteiger partial charge in [0.05, 0.1) is 41.8 Å². The van der Waals surface area contributed by atoms with Crippen LogP contribution in [0.25, 0.3) is 43.6 Å². The third-order valence-electron chi connectivity index (χ3n) is 26.0. The van der Waals surface area contributed by atoms with Crippen molar-refractivity contribution in [1.29, 1.82) is 0 Å². The Kier molecular flexibility index (Phi) is 57.3. The van der Waals surface area contributed by atoms with Crippen LogP contribution in [0.5, 0.6) is 23.0 Å². The molecule has 29 nitrogen and oxygen atoms in total. The number of aliphatic carboxylic acids is 1. The minimum absolute atomic E-state index is 0.0266. The molecule has 2 aliphatic rings. The van der Waals surface area contributed by atoms with Gasteiger partial charge in [0, 0.05) is 113 Å². The molecular formula is C118H162N6O23. The van der Waals surface area contributed by atoms with Crippen LogP contribution in [-0.4, -0.2) is 126 Å². The van der Waals surface area contributed by atoms with Crippen LogP contribution in [0.3, 0.4) is 0 Å². The predicted octanol–water partition coefficient (Wildman–Crippen LogP) is 24.3. The number of amides is 1. The number of ketones is 3. The summed E-state index contributed by atoms with van der Waals surface area (Å²) in [4.78, 5) is 197. The number of benzene rings is 5. The van der Waals surface area contributed by atoms with Crippen molar-refractivity contribution in [2.45, 2.75) is 414 Å². The Morgan fingerprint density at radius 3 is 1.12 bits per heavy atom. The van der Waals surface area contributed by atoms with Crippen molar-refractivity contribution in [3.8, 4) is 23.0 Å². The summed E-state index contributed by atoms with van der Waals surface area (Å²) in [6, 6.07) is 35.2. The number of pyridine rings is 4. The molecule has 6 heterocycles. The van der Waals surface area contributed by atoms with Gasteiger partial charge in [-0.1, -0.05) is 276 Å². The van der Waals surface area contributed by atoms with Crippen molar-refractivity contribution in [3.63, 3.8) is 0 Å². The molecule has 2 aliphatic heterocycles. The summed E-state index contributed by atoms with van der Waals surface area (Å²) in [7, 11) is 0. The highest BCUT2D eigenvalue weighted by molar-refractivity contribution is 6.07. The van der Waals surface area contributed by atoms with Gasteiger partial charge < -0.3 is 78.8 Å². The van der Waals surface area contributed by atoms with E-state index in [2.05, 4.69) is 72.1 Å². The number of carbonyl (C=O) groups excluding carboxylic acids is 10. The SMILES string of the molecule is CC(=O)CCCC(=O)O.CCCCCCCCCC(CC(=O)N[C@H]1CCOC1=O)OC(=O)CCCC(=O)Oc1c(CCCCCCC)[nH]c2ccccc2c1=O.CCCCCCCc1[nH]c2ccccc2c(=O)c1O.CCCCCCCc1[nH]c2ccccc2c(=O)c1OC(=O)CCCC(=O)OC1C(=O)c2ccccc2NC1CCCCCCC.CCCCCCCc1[nH]c2ccccc2c(=O)c1OC(=O)CCCC(C)=O. The van der Waals surface area contributed by atoms with E-state index in [4.69, 9.17) is 33.5 Å². The minimum atomic E-state index is -0.915. The number of esters is 6. The molecule has 4 atom stereocenters. The van der Waals surface area contributed by atoms with E-state index in [9.17, 15) is 77.0 Å². The zero-order chi connectivity index (χ0) is 106. The van der Waals surface area contributed by atoms with Crippen LogP contribution in [0.1, 0.15) is 397 Å². The second-order valence-corrected chi connectivity index (χ2v) is 38.6. The number of fused-ring (bicyclic) bond motifs is 5. The molecule has 0 saturated carbocycles. The first kappa shape index (κ1) is 121. The zero-order valence-electron chi connectivity index (χ0n) is 88.3. The van der Waals surface area contributed by atoms with E-state index in [-0.39, 0.29) is 138 Å². The number of hydrogen-bond acceptors (Lipinski definition) is 23. The van der Waals surface area contributed by atoms with Gasteiger partial charge in [-0.3, -0.25) is 57.5 Å². The Hall–Kier alpha value is -12.7. The number of Topliss-reactive ketones (excluding diaryl/α,β-unsaturated/α-hetero) is 3. The van der Waals surface area contributed by atoms with Crippen molar-refractivity contribution < 1.29 is 91.4 Å². The lowest BCUT2D eigenvalue weighted by Gasteiger charge is -2.33. The highest BCUT2D eigenvalue weighted by Gasteiger charge is 2.38. The van der Waals surface area contributed by atoms with Crippen LogP contribution in [0, 0.1) is 0 Å². The number of aromatic hydroxyl groups is 1. The average molecular weight is 2030 g/mol. The average Bonchev–Trinajstić information content (AvgIpc) is 0.977. The van der Waals surface area contributed by atoms with Crippen LogP contribution in [0.2, 0.25) is 0 Å². The maximum atomic E-state index is 13.3. The van der Waals surface area contributed by atoms with E-state index in [1.54, 1.807) is 60.7 Å². The van der Waals surface area contributed by atoms with E-state index in [0.29, 0.717) is 119 Å². The topological polar surface area (TPSA) is 439 Å². The number of nitrogens with one attached hydrogen (secondary N) is 6. The minimum Gasteiger partial charge on any atom is -0.503 e. The number of aryl methyl sites for hydroxylation is 4. The first-order valence-corrected chi connectivity index (χ1v) is 54.5. The van der Waals surface area contributed by atoms with Crippen molar-refractivity contribution in [3.05, 3.63) is 191 Å². The molecule has 1 saturated heterocycles. The number of ether oxygens (including phenoxy) is 6. The lowest BCUT2D eigenvalue weighted by molar-refractivity contribution is -0.152. The standard InChI is InChI=1S/C37H54N2O8.C37H48N2O6.C22H29NO4.C16H21NO2.C6H10O3/c1-3-5-7-9-10-12-13-18-27(26-32(40)39-31-24-25-45-37(31)44)46-33(41)22-17-23-34(42)47-36-30(21-14-11-8-6-4-2)38-29-20-16-15-19-28(29)35(36)43;1-3-5-7-9-11-22-30-36(34(42)26-18-13-15-20-28(26)38-30)44-32(40)24-17-25-33(41)45-37-31(23-12-10-8-6-4-2)39-29-21-16-14-19-27(29)35(37)43;1-3-4-5-6-7-14-19-22(27-20(25)15-10-11-16(2)24)21(26)17-12-8-9-13-18(17)23-19;1-2-3-4-5-6-11-14-16(19)15(18)12-9-7-8-10-13(12)17-14;1-5(7)3-2-4-6(8)9/h15-16,19-20,27,31H,3-14,17-18,21-26H2,1-2H3,(H,38,43)(H,39,40);13-16,18-21,30,36,38H,3-12,17,22-25H2,1-2H3,(H,39,43);8-9,12-13H,3-7,10-11,14-15H2,1-2H3,(H,23,26);7-10,19H,2-6,11H2,1H3,(H,17,18);2-4H2,1H3,(H,8,9)/t27?,31-;;;;/m0..../s1. The smallest absolute Gasteiger partial charge is 0.328 e. The Balaban J connectivity index is 0.000000269. The van der Waals surface area contributed by atoms with E-state index in [0.717, 1.165) is 177 Å². The Bertz CT molecular complexity index is 5900. The first-order chi connectivity index (χ1) is 71.1. The third-order valence-corrected chi connectivity index (χ3v) is 26.0. The predicted molar refractivity (Wildman–Crippen MR) is 577 cm³/mol. The maximum absolute atomic E-state index is 13.3. The lowest BCUT2D eigenvalue weighted by atomic mass is 9.90. The van der Waals surface area contributed by atoms with Crippen LogP contribution < -0.4 is 46.6 Å². The molecule has 0 bridgehead atoms. The molecular weight excluding hydrogens is 1870 g/mol. The molecule has 0 radical (unpaired) electrons. The highest BCUT2D eigenvalue weighted by atomic mass is 16.6. The summed E-state index contributed by atoms with van der Waals surface area (Å²) in [5.74, 6) is -4.37. The van der Waals surface area contributed by atoms with Gasteiger partial charge in [0.2, 0.25) is 33.4 Å². The molecule has 29 heteroatoms. The summed E-state index contributed by atoms with van der Waals surface area (Å²) in [5.41, 5.74) is 5.65. The Morgan fingerprint density at radius 2 is 0.721 bits per heavy atom. The van der Waals surface area contributed by atoms with Crippen molar-refractivity contribution in [2.75, 3.05) is 11.9 Å². The molecule has 8 N–H and O–H groups in total. The molecule has 11 rings (SSSR count). The highest BCUT2D eigenvalue weighted by Crippen LogP contribution is 2.32. The molecule has 9 aromatic rings. The monoisotopic (exact) mass is 2030 g/mol. The van der Waals surface area contributed by atoms with Gasteiger partial charge in [-0.25, -0.2) is 4.79 Å². The third kappa shape index (κ3) is 44.1. The quantitative estimate of drug-likeness (QED) is 0.00997. The Morgan fingerprint density at radius 1 is 0.381 bits per heavy atom.